The predicted molar refractivity (Wildman–Crippen MR) is 190 cm³/mol. The van der Waals surface area contributed by atoms with E-state index in [0.29, 0.717) is 0 Å². The standard InChI is InChI=1S/C36H72S3/c1-4-7-10-13-16-19-22-25-28-37-34-31-35(38-29-26-23-20-17-14-11-8-5-2)33-36(32-34)39-30-27-24-21-18-15-12-9-6-3/h34-36H,4-33H2,1-3H3. The van der Waals surface area contributed by atoms with Gasteiger partial charge in [0.25, 0.3) is 0 Å². The molecule has 0 unspecified atom stereocenters. The molecule has 1 saturated carbocycles. The molecule has 1 aliphatic rings. The molecule has 0 saturated heterocycles. The van der Waals surface area contributed by atoms with Gasteiger partial charge in [-0.05, 0) is 55.8 Å². The van der Waals surface area contributed by atoms with Gasteiger partial charge in [0.2, 0.25) is 0 Å². The summed E-state index contributed by atoms with van der Waals surface area (Å²) in [6.07, 6.45) is 39.4. The number of hydrogen-bond acceptors (Lipinski definition) is 3. The topological polar surface area (TPSA) is 0 Å². The molecule has 0 nitrogen and oxygen atoms in total. The Kier molecular flexibility index (Phi) is 29.8. The smallest absolute Gasteiger partial charge is 0.00681 e. The Labute approximate surface area is 261 Å². The van der Waals surface area contributed by atoms with Crippen molar-refractivity contribution in [3.05, 3.63) is 0 Å². The lowest BCUT2D eigenvalue weighted by Gasteiger charge is -2.34. The largest absolute Gasteiger partial charge is 0.159 e. The molecule has 0 aliphatic heterocycles. The lowest BCUT2D eigenvalue weighted by molar-refractivity contribution is 0.537. The molecule has 1 fully saturated rings. The third-order valence-electron chi connectivity index (χ3n) is 8.63. The quantitative estimate of drug-likeness (QED) is 0.0753. The monoisotopic (exact) mass is 600 g/mol. The Morgan fingerprint density at radius 2 is 0.513 bits per heavy atom. The fourth-order valence-electron chi connectivity index (χ4n) is 6.03. The van der Waals surface area contributed by atoms with Gasteiger partial charge >= 0.3 is 0 Å². The van der Waals surface area contributed by atoms with Gasteiger partial charge in [0.05, 0.1) is 0 Å². The summed E-state index contributed by atoms with van der Waals surface area (Å²) in [5.74, 6) is 4.26. The maximum absolute atomic E-state index is 2.36. The second-order valence-electron chi connectivity index (χ2n) is 12.6. The van der Waals surface area contributed by atoms with Crippen molar-refractivity contribution < 1.29 is 0 Å². The van der Waals surface area contributed by atoms with Crippen LogP contribution >= 0.6 is 35.3 Å². The van der Waals surface area contributed by atoms with Crippen molar-refractivity contribution in [1.29, 1.82) is 0 Å². The maximum atomic E-state index is 2.36. The fourth-order valence-corrected chi connectivity index (χ4v) is 10.7. The minimum atomic E-state index is 0.940. The molecular weight excluding hydrogens is 529 g/mol. The molecule has 3 heteroatoms. The first kappa shape index (κ1) is 38.1. The number of unbranched alkanes of at least 4 members (excludes halogenated alkanes) is 21. The van der Waals surface area contributed by atoms with Crippen molar-refractivity contribution in [2.24, 2.45) is 0 Å². The Hall–Kier alpha value is 1.05. The van der Waals surface area contributed by atoms with Crippen molar-refractivity contribution in [2.45, 2.75) is 210 Å². The molecule has 39 heavy (non-hydrogen) atoms. The van der Waals surface area contributed by atoms with Gasteiger partial charge in [0, 0.05) is 15.7 Å². The van der Waals surface area contributed by atoms with Gasteiger partial charge in [-0.3, -0.25) is 0 Å². The highest BCUT2D eigenvalue weighted by Crippen LogP contribution is 2.40. The van der Waals surface area contributed by atoms with Gasteiger partial charge in [-0.1, -0.05) is 156 Å². The molecular formula is C36H72S3. The Bertz CT molecular complexity index is 396. The average molecular weight is 601 g/mol. The summed E-state index contributed by atoms with van der Waals surface area (Å²) >= 11 is 7.09. The van der Waals surface area contributed by atoms with Crippen molar-refractivity contribution >= 4 is 35.3 Å². The summed E-state index contributed by atoms with van der Waals surface area (Å²) < 4.78 is 0. The Morgan fingerprint density at radius 3 is 0.744 bits per heavy atom. The summed E-state index contributed by atoms with van der Waals surface area (Å²) in [7, 11) is 0. The highest BCUT2D eigenvalue weighted by atomic mass is 32.2. The van der Waals surface area contributed by atoms with Crippen LogP contribution in [-0.2, 0) is 0 Å². The van der Waals surface area contributed by atoms with E-state index in [-0.39, 0.29) is 0 Å². The van der Waals surface area contributed by atoms with Crippen LogP contribution in [0.1, 0.15) is 194 Å². The van der Waals surface area contributed by atoms with Gasteiger partial charge in [0.1, 0.15) is 0 Å². The average Bonchev–Trinajstić information content (AvgIpc) is 2.94. The van der Waals surface area contributed by atoms with Crippen LogP contribution in [0.15, 0.2) is 0 Å². The number of hydrogen-bond donors (Lipinski definition) is 0. The maximum Gasteiger partial charge on any atom is 0.00681 e. The first-order valence-corrected chi connectivity index (χ1v) is 21.3. The van der Waals surface area contributed by atoms with E-state index in [1.807, 2.05) is 0 Å². The molecule has 0 heterocycles. The van der Waals surface area contributed by atoms with Crippen LogP contribution in [0.3, 0.4) is 0 Å². The normalized spacial score (nSPS) is 19.6. The zero-order chi connectivity index (χ0) is 28.1. The minimum absolute atomic E-state index is 0.940. The molecule has 0 aromatic rings. The SMILES string of the molecule is CCCCCCCCCCSC1CC(SCCCCCCCCCC)CC(SCCCCCCCCCC)C1. The Balaban J connectivity index is 2.24. The summed E-state index contributed by atoms with van der Waals surface area (Å²) in [5.41, 5.74) is 0. The van der Waals surface area contributed by atoms with Crippen LogP contribution in [-0.4, -0.2) is 33.0 Å². The van der Waals surface area contributed by atoms with Gasteiger partial charge in [-0.25, -0.2) is 0 Å². The predicted octanol–water partition coefficient (Wildman–Crippen LogP) is 13.9. The number of thioether (sulfide) groups is 3. The zero-order valence-electron chi connectivity index (χ0n) is 27.2. The van der Waals surface area contributed by atoms with E-state index in [9.17, 15) is 0 Å². The fraction of sp³-hybridized carbons (Fsp3) is 1.00. The van der Waals surface area contributed by atoms with E-state index >= 15 is 0 Å². The van der Waals surface area contributed by atoms with Crippen LogP contribution in [0.4, 0.5) is 0 Å². The molecule has 0 bridgehead atoms. The first-order valence-electron chi connectivity index (χ1n) is 18.1. The summed E-state index contributed by atoms with van der Waals surface area (Å²) in [5, 5.41) is 2.82. The van der Waals surface area contributed by atoms with Crippen LogP contribution < -0.4 is 0 Å². The van der Waals surface area contributed by atoms with E-state index in [1.165, 1.54) is 191 Å². The molecule has 1 rings (SSSR count). The third kappa shape index (κ3) is 25.3. The van der Waals surface area contributed by atoms with Crippen molar-refractivity contribution in [2.75, 3.05) is 17.3 Å². The molecule has 0 N–H and O–H groups in total. The zero-order valence-corrected chi connectivity index (χ0v) is 29.6. The van der Waals surface area contributed by atoms with Crippen molar-refractivity contribution in [3.63, 3.8) is 0 Å². The van der Waals surface area contributed by atoms with Crippen LogP contribution in [0.25, 0.3) is 0 Å². The summed E-state index contributed by atoms with van der Waals surface area (Å²) in [6, 6.07) is 0. The molecule has 1 aliphatic carbocycles. The van der Waals surface area contributed by atoms with Gasteiger partial charge < -0.3 is 0 Å². The highest BCUT2D eigenvalue weighted by Gasteiger charge is 2.29. The highest BCUT2D eigenvalue weighted by molar-refractivity contribution is 8.01. The minimum Gasteiger partial charge on any atom is -0.159 e. The molecule has 0 amide bonds. The molecule has 0 aromatic heterocycles. The second kappa shape index (κ2) is 30.5. The Morgan fingerprint density at radius 1 is 0.308 bits per heavy atom. The second-order valence-corrected chi connectivity index (χ2v) is 16.8. The van der Waals surface area contributed by atoms with Gasteiger partial charge in [-0.15, -0.1) is 0 Å². The van der Waals surface area contributed by atoms with Crippen LogP contribution in [0.2, 0.25) is 0 Å². The van der Waals surface area contributed by atoms with Crippen LogP contribution in [0, 0.1) is 0 Å². The first-order chi connectivity index (χ1) is 19.3. The molecule has 0 atom stereocenters. The van der Waals surface area contributed by atoms with E-state index < -0.39 is 0 Å². The molecule has 234 valence electrons. The van der Waals surface area contributed by atoms with Crippen molar-refractivity contribution in [1.82, 2.24) is 0 Å². The summed E-state index contributed by atoms with van der Waals surface area (Å²) in [4.78, 5) is 0. The van der Waals surface area contributed by atoms with Crippen LogP contribution in [0.5, 0.6) is 0 Å². The summed E-state index contributed by atoms with van der Waals surface area (Å²) in [6.45, 7) is 6.96. The molecule has 0 radical (unpaired) electrons. The van der Waals surface area contributed by atoms with E-state index in [0.717, 1.165) is 15.7 Å². The van der Waals surface area contributed by atoms with Gasteiger partial charge in [0.15, 0.2) is 0 Å². The lowest BCUT2D eigenvalue weighted by Crippen LogP contribution is -2.29. The lowest BCUT2D eigenvalue weighted by atomic mass is 9.99. The van der Waals surface area contributed by atoms with Gasteiger partial charge in [-0.2, -0.15) is 35.3 Å². The van der Waals surface area contributed by atoms with E-state index in [1.54, 1.807) is 0 Å². The van der Waals surface area contributed by atoms with E-state index in [4.69, 9.17) is 0 Å². The molecule has 0 spiro atoms. The molecule has 0 aromatic carbocycles. The van der Waals surface area contributed by atoms with E-state index in [2.05, 4.69) is 56.1 Å². The van der Waals surface area contributed by atoms with Crippen molar-refractivity contribution in [3.8, 4) is 0 Å². The number of rotatable bonds is 30. The third-order valence-corrected chi connectivity index (χ3v) is 12.8.